The Labute approximate surface area is 83.3 Å². The van der Waals surface area contributed by atoms with E-state index in [1.807, 2.05) is 0 Å². The van der Waals surface area contributed by atoms with Crippen LogP contribution in [0.5, 0.6) is 0 Å². The topological polar surface area (TPSA) is 68.0 Å². The van der Waals surface area contributed by atoms with Crippen molar-refractivity contribution in [1.82, 2.24) is 4.98 Å². The molecule has 3 N–H and O–H groups in total. The van der Waals surface area contributed by atoms with E-state index in [0.29, 0.717) is 0 Å². The Morgan fingerprint density at radius 1 is 1.47 bits per heavy atom. The number of carbonyl (C=O) groups is 1. The molecule has 0 aliphatic heterocycles. The predicted molar refractivity (Wildman–Crippen MR) is 47.3 cm³/mol. The van der Waals surface area contributed by atoms with E-state index in [1.54, 1.807) is 0 Å². The highest BCUT2D eigenvalue weighted by Gasteiger charge is 2.26. The smallest absolute Gasteiger partial charge is 0.366 e. The van der Waals surface area contributed by atoms with Crippen molar-refractivity contribution < 1.29 is 18.0 Å². The molecule has 0 bridgehead atoms. The minimum atomic E-state index is -4.30. The van der Waals surface area contributed by atoms with E-state index in [4.69, 9.17) is 5.73 Å². The maximum Gasteiger partial charge on any atom is 0.405 e. The molecule has 1 aromatic rings. The summed E-state index contributed by atoms with van der Waals surface area (Å²) in [4.78, 5) is 14.2. The third-order valence-electron chi connectivity index (χ3n) is 1.52. The summed E-state index contributed by atoms with van der Waals surface area (Å²) in [6, 6.07) is 2.56. The summed E-state index contributed by atoms with van der Waals surface area (Å²) in [5.41, 5.74) is 5.07. The Hall–Kier alpha value is -1.79. The molecule has 0 atom stereocenters. The van der Waals surface area contributed by atoms with Gasteiger partial charge in [-0.2, -0.15) is 13.2 Å². The molecule has 0 aromatic carbocycles. The third kappa shape index (κ3) is 3.84. The molecule has 0 spiro atoms. The van der Waals surface area contributed by atoms with Crippen LogP contribution in [0.25, 0.3) is 0 Å². The molecule has 0 radical (unpaired) electrons. The number of hydrogen-bond acceptors (Lipinski definition) is 3. The minimum absolute atomic E-state index is 0.0392. The first kappa shape index (κ1) is 11.3. The quantitative estimate of drug-likeness (QED) is 0.801. The first-order valence-electron chi connectivity index (χ1n) is 3.95. The number of aromatic nitrogens is 1. The number of carbonyl (C=O) groups excluding carboxylic acids is 1. The van der Waals surface area contributed by atoms with Crippen molar-refractivity contribution in [2.24, 2.45) is 5.73 Å². The van der Waals surface area contributed by atoms with E-state index in [-0.39, 0.29) is 11.4 Å². The zero-order valence-corrected chi connectivity index (χ0v) is 7.51. The van der Waals surface area contributed by atoms with Crippen LogP contribution in [0.1, 0.15) is 10.4 Å². The molecule has 1 amide bonds. The van der Waals surface area contributed by atoms with Crippen molar-refractivity contribution in [3.63, 3.8) is 0 Å². The normalized spacial score (nSPS) is 11.1. The van der Waals surface area contributed by atoms with Gasteiger partial charge in [0.2, 0.25) is 5.91 Å². The number of pyridine rings is 1. The van der Waals surface area contributed by atoms with E-state index in [0.717, 1.165) is 6.20 Å². The van der Waals surface area contributed by atoms with Crippen molar-refractivity contribution >= 4 is 11.7 Å². The van der Waals surface area contributed by atoms with Crippen molar-refractivity contribution in [1.29, 1.82) is 0 Å². The lowest BCUT2D eigenvalue weighted by molar-refractivity contribution is -0.115. The zero-order valence-electron chi connectivity index (χ0n) is 7.51. The maximum absolute atomic E-state index is 11.8. The van der Waals surface area contributed by atoms with Gasteiger partial charge in [0.15, 0.2) is 0 Å². The van der Waals surface area contributed by atoms with Crippen LogP contribution < -0.4 is 11.1 Å². The fourth-order valence-electron chi connectivity index (χ4n) is 0.835. The zero-order chi connectivity index (χ0) is 11.5. The van der Waals surface area contributed by atoms with Gasteiger partial charge in [0.25, 0.3) is 0 Å². The van der Waals surface area contributed by atoms with Gasteiger partial charge in [-0.15, -0.1) is 0 Å². The fraction of sp³-hybridized carbons (Fsp3) is 0.250. The van der Waals surface area contributed by atoms with Crippen LogP contribution in [0.15, 0.2) is 18.3 Å². The van der Waals surface area contributed by atoms with Crippen molar-refractivity contribution in [2.45, 2.75) is 6.18 Å². The lowest BCUT2D eigenvalue weighted by atomic mass is 10.3. The molecule has 1 rings (SSSR count). The van der Waals surface area contributed by atoms with E-state index < -0.39 is 18.6 Å². The number of nitrogens with zero attached hydrogens (tertiary/aromatic N) is 1. The molecular formula is C8H8F3N3O. The van der Waals surface area contributed by atoms with Crippen LogP contribution in [0.2, 0.25) is 0 Å². The summed E-state index contributed by atoms with van der Waals surface area (Å²) in [5, 5.41) is 2.06. The highest BCUT2D eigenvalue weighted by atomic mass is 19.4. The second-order valence-corrected chi connectivity index (χ2v) is 2.77. The third-order valence-corrected chi connectivity index (χ3v) is 1.52. The first-order valence-corrected chi connectivity index (χ1v) is 3.95. The van der Waals surface area contributed by atoms with Gasteiger partial charge in [-0.1, -0.05) is 0 Å². The molecule has 4 nitrogen and oxygen atoms in total. The average molecular weight is 219 g/mol. The van der Waals surface area contributed by atoms with Gasteiger partial charge in [0, 0.05) is 6.20 Å². The maximum atomic E-state index is 11.8. The molecule has 1 aromatic heterocycles. The summed E-state index contributed by atoms with van der Waals surface area (Å²) < 4.78 is 35.4. The molecule has 0 saturated heterocycles. The Balaban J connectivity index is 2.61. The lowest BCUT2D eigenvalue weighted by Crippen LogP contribution is -2.22. The molecule has 82 valence electrons. The number of rotatable bonds is 3. The standard InChI is InChI=1S/C8H8F3N3O/c9-8(10,11)4-14-6-2-1-5(3-13-6)7(12)15/h1-3H,4H2,(H2,12,15)(H,13,14). The summed E-state index contributed by atoms with van der Waals surface area (Å²) in [5.74, 6) is -0.637. The van der Waals surface area contributed by atoms with Gasteiger partial charge in [0.05, 0.1) is 5.56 Å². The van der Waals surface area contributed by atoms with E-state index in [9.17, 15) is 18.0 Å². The SMILES string of the molecule is NC(=O)c1ccc(NCC(F)(F)F)nc1. The second-order valence-electron chi connectivity index (χ2n) is 2.77. The number of amides is 1. The van der Waals surface area contributed by atoms with Crippen LogP contribution >= 0.6 is 0 Å². The minimum Gasteiger partial charge on any atom is -0.366 e. The van der Waals surface area contributed by atoms with Crippen molar-refractivity contribution in [3.8, 4) is 0 Å². The fourth-order valence-corrected chi connectivity index (χ4v) is 0.835. The molecule has 0 fully saturated rings. The Kier molecular flexibility index (Phi) is 3.13. The summed E-state index contributed by atoms with van der Waals surface area (Å²) in [7, 11) is 0. The van der Waals surface area contributed by atoms with Gasteiger partial charge in [0.1, 0.15) is 12.4 Å². The molecule has 1 heterocycles. The molecule has 0 saturated carbocycles. The average Bonchev–Trinajstić information content (AvgIpc) is 2.14. The van der Waals surface area contributed by atoms with Gasteiger partial charge in [-0.25, -0.2) is 4.98 Å². The van der Waals surface area contributed by atoms with E-state index in [1.165, 1.54) is 12.1 Å². The van der Waals surface area contributed by atoms with E-state index in [2.05, 4.69) is 10.3 Å². The van der Waals surface area contributed by atoms with Crippen molar-refractivity contribution in [3.05, 3.63) is 23.9 Å². The van der Waals surface area contributed by atoms with Crippen LogP contribution in [0, 0.1) is 0 Å². The molecular weight excluding hydrogens is 211 g/mol. The summed E-state index contributed by atoms with van der Waals surface area (Å²) in [6.45, 7) is -1.17. The van der Waals surface area contributed by atoms with Gasteiger partial charge in [-0.05, 0) is 12.1 Å². The predicted octanol–water partition coefficient (Wildman–Crippen LogP) is 1.15. The largest absolute Gasteiger partial charge is 0.405 e. The molecule has 7 heteroatoms. The Bertz CT molecular complexity index is 347. The first-order chi connectivity index (χ1) is 6.88. The Morgan fingerprint density at radius 2 is 2.13 bits per heavy atom. The molecule has 0 unspecified atom stereocenters. The van der Waals surface area contributed by atoms with Crippen LogP contribution in [-0.4, -0.2) is 23.6 Å². The number of alkyl halides is 3. The van der Waals surface area contributed by atoms with Crippen LogP contribution in [0.4, 0.5) is 19.0 Å². The number of nitrogens with one attached hydrogen (secondary N) is 1. The molecule has 0 aliphatic rings. The molecule has 0 aliphatic carbocycles. The van der Waals surface area contributed by atoms with Crippen LogP contribution in [0.3, 0.4) is 0 Å². The summed E-state index contributed by atoms with van der Waals surface area (Å²) in [6.07, 6.45) is -3.19. The number of nitrogens with two attached hydrogens (primary N) is 1. The second kappa shape index (κ2) is 4.16. The monoisotopic (exact) mass is 219 g/mol. The van der Waals surface area contributed by atoms with Crippen LogP contribution in [-0.2, 0) is 0 Å². The van der Waals surface area contributed by atoms with Gasteiger partial charge < -0.3 is 11.1 Å². The number of primary amides is 1. The highest BCUT2D eigenvalue weighted by Crippen LogP contribution is 2.15. The summed E-state index contributed by atoms with van der Waals surface area (Å²) >= 11 is 0. The lowest BCUT2D eigenvalue weighted by Gasteiger charge is -2.08. The van der Waals surface area contributed by atoms with Gasteiger partial charge in [-0.3, -0.25) is 4.79 Å². The number of hydrogen-bond donors (Lipinski definition) is 2. The van der Waals surface area contributed by atoms with Gasteiger partial charge >= 0.3 is 6.18 Å². The highest BCUT2D eigenvalue weighted by molar-refractivity contribution is 5.92. The number of anilines is 1. The Morgan fingerprint density at radius 3 is 2.53 bits per heavy atom. The molecule has 15 heavy (non-hydrogen) atoms. The van der Waals surface area contributed by atoms with Crippen molar-refractivity contribution in [2.75, 3.05) is 11.9 Å². The number of halogens is 3. The van der Waals surface area contributed by atoms with E-state index >= 15 is 0 Å².